The fraction of sp³-hybridized carbons (Fsp3) is 0.105. The third kappa shape index (κ3) is 3.24. The average molecular weight is 327 g/mol. The number of fused-ring (bicyclic) bond motifs is 1. The summed E-state index contributed by atoms with van der Waals surface area (Å²) in [6, 6.07) is 16.3. The van der Waals surface area contributed by atoms with Gasteiger partial charge in [0.2, 0.25) is 0 Å². The fourth-order valence-corrected chi connectivity index (χ4v) is 2.90. The molecule has 0 fully saturated rings. The lowest BCUT2D eigenvalue weighted by Crippen LogP contribution is -2.15. The van der Waals surface area contributed by atoms with E-state index >= 15 is 0 Å². The lowest BCUT2D eigenvalue weighted by atomic mass is 9.89. The van der Waals surface area contributed by atoms with Gasteiger partial charge < -0.3 is 5.32 Å². The Morgan fingerprint density at radius 1 is 1.00 bits per heavy atom. The van der Waals surface area contributed by atoms with Gasteiger partial charge in [0.15, 0.2) is 5.65 Å². The van der Waals surface area contributed by atoms with E-state index in [0.717, 1.165) is 35.7 Å². The second kappa shape index (κ2) is 6.77. The summed E-state index contributed by atoms with van der Waals surface area (Å²) in [4.78, 5) is 8.49. The number of nitrogens with zero attached hydrogens (tertiary/aromatic N) is 4. The van der Waals surface area contributed by atoms with Crippen LogP contribution in [0.5, 0.6) is 0 Å². The highest BCUT2D eigenvalue weighted by molar-refractivity contribution is 6.33. The largest absolute Gasteiger partial charge is 0.368 e. The zero-order chi connectivity index (χ0) is 17.1. The number of pyridine rings is 1. The molecule has 0 saturated heterocycles. The molecule has 0 spiro atoms. The van der Waals surface area contributed by atoms with Gasteiger partial charge in [0.1, 0.15) is 13.7 Å². The van der Waals surface area contributed by atoms with Crippen LogP contribution in [-0.4, -0.2) is 34.0 Å². The number of imidazole rings is 1. The van der Waals surface area contributed by atoms with E-state index in [2.05, 4.69) is 52.5 Å². The second-order valence-electron chi connectivity index (χ2n) is 5.97. The molecule has 6 heteroatoms. The van der Waals surface area contributed by atoms with E-state index < -0.39 is 0 Å². The van der Waals surface area contributed by atoms with Crippen molar-refractivity contribution in [2.24, 2.45) is 0 Å². The zero-order valence-corrected chi connectivity index (χ0v) is 14.1. The van der Waals surface area contributed by atoms with Gasteiger partial charge in [0, 0.05) is 24.5 Å². The SMILES string of the molecule is Bc1ccccc1CCNc1ccc2ncc(-c3ccncc3)n2n1. The minimum Gasteiger partial charge on any atom is -0.368 e. The molecule has 4 aromatic rings. The van der Waals surface area contributed by atoms with Crippen LogP contribution in [0, 0.1) is 0 Å². The zero-order valence-electron chi connectivity index (χ0n) is 14.1. The molecule has 25 heavy (non-hydrogen) atoms. The number of nitrogens with one attached hydrogen (secondary N) is 1. The minimum atomic E-state index is 0.830. The van der Waals surface area contributed by atoms with Crippen molar-refractivity contribution in [3.8, 4) is 11.3 Å². The maximum Gasteiger partial charge on any atom is 0.154 e. The molecule has 0 aliphatic heterocycles. The van der Waals surface area contributed by atoms with E-state index in [1.807, 2.05) is 35.0 Å². The van der Waals surface area contributed by atoms with Gasteiger partial charge in [0.05, 0.1) is 11.9 Å². The highest BCUT2D eigenvalue weighted by Crippen LogP contribution is 2.19. The molecule has 3 heterocycles. The molecule has 0 bridgehead atoms. The van der Waals surface area contributed by atoms with Crippen molar-refractivity contribution >= 4 is 24.8 Å². The first-order valence-electron chi connectivity index (χ1n) is 8.35. The van der Waals surface area contributed by atoms with Crippen molar-refractivity contribution in [1.82, 2.24) is 19.6 Å². The van der Waals surface area contributed by atoms with Gasteiger partial charge in [-0.15, -0.1) is 5.10 Å². The Morgan fingerprint density at radius 3 is 2.68 bits per heavy atom. The van der Waals surface area contributed by atoms with Crippen molar-refractivity contribution in [3.63, 3.8) is 0 Å². The van der Waals surface area contributed by atoms with Crippen LogP contribution < -0.4 is 10.8 Å². The van der Waals surface area contributed by atoms with Crippen molar-refractivity contribution < 1.29 is 0 Å². The molecular weight excluding hydrogens is 309 g/mol. The number of hydrogen-bond acceptors (Lipinski definition) is 4. The Bertz CT molecular complexity index is 997. The second-order valence-corrected chi connectivity index (χ2v) is 5.97. The van der Waals surface area contributed by atoms with E-state index in [4.69, 9.17) is 0 Å². The predicted molar refractivity (Wildman–Crippen MR) is 103 cm³/mol. The molecule has 5 nitrogen and oxygen atoms in total. The van der Waals surface area contributed by atoms with E-state index in [1.165, 1.54) is 11.0 Å². The summed E-state index contributed by atoms with van der Waals surface area (Å²) in [6.07, 6.45) is 6.36. The van der Waals surface area contributed by atoms with Crippen molar-refractivity contribution in [2.45, 2.75) is 6.42 Å². The predicted octanol–water partition coefficient (Wildman–Crippen LogP) is 1.70. The number of benzene rings is 1. The summed E-state index contributed by atoms with van der Waals surface area (Å²) < 4.78 is 1.87. The van der Waals surface area contributed by atoms with Crippen molar-refractivity contribution in [2.75, 3.05) is 11.9 Å². The summed E-state index contributed by atoms with van der Waals surface area (Å²) in [5.74, 6) is 0.842. The molecular formula is C19H18BN5. The lowest BCUT2D eigenvalue weighted by Gasteiger charge is -2.09. The molecule has 0 atom stereocenters. The number of rotatable bonds is 5. The highest BCUT2D eigenvalue weighted by Gasteiger charge is 2.07. The topological polar surface area (TPSA) is 55.1 Å². The van der Waals surface area contributed by atoms with E-state index in [1.54, 1.807) is 12.4 Å². The van der Waals surface area contributed by atoms with Crippen LogP contribution >= 0.6 is 0 Å². The standard InChI is InChI=1S/C19H18BN5/c20-16-4-2-1-3-14(16)9-12-22-18-5-6-19-23-13-17(25(19)24-18)15-7-10-21-11-8-15/h1-8,10-11,13H,9,12,20H2,(H,22,24). The molecule has 122 valence electrons. The fourth-order valence-electron chi connectivity index (χ4n) is 2.90. The molecule has 0 amide bonds. The van der Waals surface area contributed by atoms with Gasteiger partial charge >= 0.3 is 0 Å². The Labute approximate surface area is 147 Å². The molecule has 0 unspecified atom stereocenters. The van der Waals surface area contributed by atoms with E-state index in [0.29, 0.717) is 0 Å². The van der Waals surface area contributed by atoms with E-state index in [9.17, 15) is 0 Å². The van der Waals surface area contributed by atoms with Gasteiger partial charge in [-0.2, -0.15) is 0 Å². The summed E-state index contributed by atoms with van der Waals surface area (Å²) in [6.45, 7) is 0.836. The molecule has 1 aromatic carbocycles. The van der Waals surface area contributed by atoms with E-state index in [-0.39, 0.29) is 0 Å². The minimum absolute atomic E-state index is 0.830. The van der Waals surface area contributed by atoms with Crippen molar-refractivity contribution in [3.05, 3.63) is 72.7 Å². The molecule has 0 aliphatic rings. The molecule has 0 saturated carbocycles. The Morgan fingerprint density at radius 2 is 1.84 bits per heavy atom. The molecule has 4 rings (SSSR count). The molecule has 0 aliphatic carbocycles. The number of hydrogen-bond donors (Lipinski definition) is 1. The molecule has 0 radical (unpaired) electrons. The van der Waals surface area contributed by atoms with Gasteiger partial charge in [-0.05, 0) is 30.7 Å². The van der Waals surface area contributed by atoms with Crippen molar-refractivity contribution in [1.29, 1.82) is 0 Å². The summed E-state index contributed by atoms with van der Waals surface area (Å²) in [5, 5.41) is 8.10. The van der Waals surface area contributed by atoms with Gasteiger partial charge in [-0.1, -0.05) is 35.3 Å². The third-order valence-electron chi connectivity index (χ3n) is 4.30. The first-order chi connectivity index (χ1) is 12.3. The Kier molecular flexibility index (Phi) is 4.17. The van der Waals surface area contributed by atoms with Crippen LogP contribution in [0.15, 0.2) is 67.1 Å². The Balaban J connectivity index is 1.54. The summed E-state index contributed by atoms with van der Waals surface area (Å²) in [5.41, 5.74) is 5.52. The normalized spacial score (nSPS) is 10.9. The maximum atomic E-state index is 4.69. The maximum absolute atomic E-state index is 4.69. The Hall–Kier alpha value is -3.15. The highest BCUT2D eigenvalue weighted by atomic mass is 15.3. The number of aromatic nitrogens is 4. The quantitative estimate of drug-likeness (QED) is 0.567. The molecule has 1 N–H and O–H groups in total. The average Bonchev–Trinajstić information content (AvgIpc) is 3.07. The van der Waals surface area contributed by atoms with Crippen LogP contribution in [-0.2, 0) is 6.42 Å². The molecule has 3 aromatic heterocycles. The lowest BCUT2D eigenvalue weighted by molar-refractivity contribution is 0.921. The van der Waals surface area contributed by atoms with Gasteiger partial charge in [0.25, 0.3) is 0 Å². The smallest absolute Gasteiger partial charge is 0.154 e. The van der Waals surface area contributed by atoms with Gasteiger partial charge in [-0.25, -0.2) is 9.50 Å². The monoisotopic (exact) mass is 327 g/mol. The van der Waals surface area contributed by atoms with Crippen LogP contribution in [0.1, 0.15) is 5.56 Å². The van der Waals surface area contributed by atoms with Gasteiger partial charge in [-0.3, -0.25) is 4.98 Å². The third-order valence-corrected chi connectivity index (χ3v) is 4.30. The first kappa shape index (κ1) is 15.4. The van der Waals surface area contributed by atoms with Crippen LogP contribution in [0.2, 0.25) is 0 Å². The summed E-state index contributed by atoms with van der Waals surface area (Å²) in [7, 11) is 2.14. The summed E-state index contributed by atoms with van der Waals surface area (Å²) >= 11 is 0. The van der Waals surface area contributed by atoms with Crippen LogP contribution in [0.25, 0.3) is 16.9 Å². The number of anilines is 1. The van der Waals surface area contributed by atoms with Crippen LogP contribution in [0.3, 0.4) is 0 Å². The first-order valence-corrected chi connectivity index (χ1v) is 8.35. The van der Waals surface area contributed by atoms with Crippen LogP contribution in [0.4, 0.5) is 5.82 Å².